The van der Waals surface area contributed by atoms with E-state index in [1.807, 2.05) is 18.0 Å². The van der Waals surface area contributed by atoms with E-state index >= 15 is 0 Å². The highest BCUT2D eigenvalue weighted by molar-refractivity contribution is 5.81. The Morgan fingerprint density at radius 3 is 2.54 bits per heavy atom. The summed E-state index contributed by atoms with van der Waals surface area (Å²) in [6.45, 7) is 3.57. The van der Waals surface area contributed by atoms with Gasteiger partial charge in [-0.2, -0.15) is 13.2 Å². The summed E-state index contributed by atoms with van der Waals surface area (Å²) in [5.41, 5.74) is 1.55. The van der Waals surface area contributed by atoms with E-state index in [-0.39, 0.29) is 6.61 Å². The Labute approximate surface area is 196 Å². The first-order chi connectivity index (χ1) is 16.6. The molecule has 8 nitrogen and oxygen atoms in total. The first kappa shape index (κ1) is 23.9. The van der Waals surface area contributed by atoms with Crippen LogP contribution in [0.1, 0.15) is 35.3 Å². The third kappa shape index (κ3) is 5.45. The van der Waals surface area contributed by atoms with E-state index in [9.17, 15) is 22.8 Å². The fraction of sp³-hybridized carbons (Fsp3) is 0.208. The highest BCUT2D eigenvalue weighted by atomic mass is 19.4. The second-order valence-corrected chi connectivity index (χ2v) is 7.81. The van der Waals surface area contributed by atoms with Gasteiger partial charge in [0.15, 0.2) is 6.39 Å². The van der Waals surface area contributed by atoms with E-state index in [4.69, 9.17) is 13.7 Å². The molecular formula is C24H20F3N3O5. The summed E-state index contributed by atoms with van der Waals surface area (Å²) in [6.07, 6.45) is 1.54. The number of aryl methyl sites for hydroxylation is 1. The summed E-state index contributed by atoms with van der Waals surface area (Å²) in [7, 11) is 0. The number of allylic oxidation sites excluding steroid dienone is 1. The quantitative estimate of drug-likeness (QED) is 0.395. The van der Waals surface area contributed by atoms with Crippen LogP contribution in [-0.2, 0) is 12.8 Å². The van der Waals surface area contributed by atoms with E-state index in [0.717, 1.165) is 22.4 Å². The molecule has 35 heavy (non-hydrogen) atoms. The number of oxazole rings is 1. The van der Waals surface area contributed by atoms with Crippen LogP contribution in [0.25, 0.3) is 17.2 Å². The molecule has 2 aromatic carbocycles. The molecule has 0 aliphatic carbocycles. The normalized spacial score (nSPS) is 12.8. The Balaban J connectivity index is 1.77. The number of hydrogen-bond acceptors (Lipinski definition) is 6. The van der Waals surface area contributed by atoms with Crippen molar-refractivity contribution in [1.29, 1.82) is 0 Å². The lowest BCUT2D eigenvalue weighted by Gasteiger charge is -2.16. The molecule has 1 atom stereocenters. The van der Waals surface area contributed by atoms with E-state index in [0.29, 0.717) is 28.1 Å². The van der Waals surface area contributed by atoms with Crippen molar-refractivity contribution < 1.29 is 26.8 Å². The molecule has 0 radical (unpaired) electrons. The first-order valence-electron chi connectivity index (χ1n) is 10.4. The summed E-state index contributed by atoms with van der Waals surface area (Å²) in [5, 5.41) is 0. The van der Waals surface area contributed by atoms with E-state index < -0.39 is 29.2 Å². The lowest BCUT2D eigenvalue weighted by molar-refractivity contribution is -0.137. The van der Waals surface area contributed by atoms with Crippen LogP contribution in [0, 0.1) is 6.92 Å². The van der Waals surface area contributed by atoms with Gasteiger partial charge in [-0.05, 0) is 48.7 Å². The average Bonchev–Trinajstić information content (AvgIpc) is 3.44. The second-order valence-electron chi connectivity index (χ2n) is 7.81. The number of benzene rings is 2. The SMILES string of the molecule is Cc1cc(C=CC(C)n2oc(=O)[nH]c2=O)c(-c2ccc(C(F)(F)F)cc2)c(OCc2cocn2)c1. The number of halogens is 3. The Bertz CT molecular complexity index is 1450. The molecular weight excluding hydrogens is 467 g/mol. The summed E-state index contributed by atoms with van der Waals surface area (Å²) in [5.74, 6) is -0.454. The fourth-order valence-electron chi connectivity index (χ4n) is 3.51. The van der Waals surface area contributed by atoms with Crippen molar-refractivity contribution in [2.24, 2.45) is 0 Å². The smallest absolute Gasteiger partial charge is 0.440 e. The maximum absolute atomic E-state index is 13.1. The second kappa shape index (κ2) is 9.53. The van der Waals surface area contributed by atoms with Crippen LogP contribution >= 0.6 is 0 Å². The third-order valence-corrected chi connectivity index (χ3v) is 5.15. The van der Waals surface area contributed by atoms with Crippen molar-refractivity contribution in [2.75, 3.05) is 0 Å². The van der Waals surface area contributed by atoms with Gasteiger partial charge in [-0.15, -0.1) is 4.74 Å². The minimum absolute atomic E-state index is 0.0804. The zero-order chi connectivity index (χ0) is 25.2. The van der Waals surface area contributed by atoms with Gasteiger partial charge in [-0.25, -0.2) is 19.6 Å². The summed E-state index contributed by atoms with van der Waals surface area (Å²) in [4.78, 5) is 29.2. The number of hydrogen-bond donors (Lipinski definition) is 1. The molecule has 0 aliphatic heterocycles. The molecule has 182 valence electrons. The maximum atomic E-state index is 13.1. The van der Waals surface area contributed by atoms with Crippen molar-refractivity contribution in [1.82, 2.24) is 14.7 Å². The lowest BCUT2D eigenvalue weighted by atomic mass is 9.95. The van der Waals surface area contributed by atoms with Gasteiger partial charge < -0.3 is 13.7 Å². The molecule has 2 aromatic heterocycles. The predicted octanol–water partition coefficient (Wildman–Crippen LogP) is 4.97. The van der Waals surface area contributed by atoms with E-state index in [1.54, 1.807) is 25.1 Å². The highest BCUT2D eigenvalue weighted by Crippen LogP contribution is 2.38. The fourth-order valence-corrected chi connectivity index (χ4v) is 3.51. The van der Waals surface area contributed by atoms with Gasteiger partial charge in [-0.1, -0.05) is 30.4 Å². The molecule has 11 heteroatoms. The van der Waals surface area contributed by atoms with Crippen LogP contribution in [0.3, 0.4) is 0 Å². The molecule has 0 spiro atoms. The minimum atomic E-state index is -4.47. The van der Waals surface area contributed by atoms with Crippen LogP contribution in [0.4, 0.5) is 13.2 Å². The number of H-pyrrole nitrogens is 1. The van der Waals surface area contributed by atoms with Crippen molar-refractivity contribution >= 4 is 6.08 Å². The number of aromatic nitrogens is 3. The number of alkyl halides is 3. The Morgan fingerprint density at radius 2 is 1.94 bits per heavy atom. The highest BCUT2D eigenvalue weighted by Gasteiger charge is 2.30. The molecule has 2 heterocycles. The van der Waals surface area contributed by atoms with Gasteiger partial charge in [0.05, 0.1) is 11.6 Å². The number of nitrogens with one attached hydrogen (secondary N) is 1. The molecule has 4 rings (SSSR count). The zero-order valence-corrected chi connectivity index (χ0v) is 18.6. The van der Waals surface area contributed by atoms with Crippen LogP contribution in [-0.4, -0.2) is 14.7 Å². The van der Waals surface area contributed by atoms with Gasteiger partial charge in [0.25, 0.3) is 0 Å². The molecule has 0 saturated heterocycles. The standard InChI is InChI=1S/C24H20F3N3O5/c1-14-9-17(4-3-15(2)30-22(31)29-23(32)35-30)21(16-5-7-18(8-6-16)24(25,26)27)20(10-14)34-12-19-11-33-13-28-19/h3-11,13,15H,12H2,1-2H3,(H,29,31,32). The van der Waals surface area contributed by atoms with E-state index in [2.05, 4.69) is 4.98 Å². The molecule has 0 fully saturated rings. The Hall–Kier alpha value is -4.28. The molecule has 1 unspecified atom stereocenters. The zero-order valence-electron chi connectivity index (χ0n) is 18.6. The lowest BCUT2D eigenvalue weighted by Crippen LogP contribution is -2.18. The topological polar surface area (TPSA) is 103 Å². The van der Waals surface area contributed by atoms with E-state index in [1.165, 1.54) is 24.8 Å². The summed E-state index contributed by atoms with van der Waals surface area (Å²) >= 11 is 0. The monoisotopic (exact) mass is 487 g/mol. The number of rotatable bonds is 7. The first-order valence-corrected chi connectivity index (χ1v) is 10.4. The number of ether oxygens (including phenoxy) is 1. The average molecular weight is 487 g/mol. The number of aromatic amines is 1. The Morgan fingerprint density at radius 1 is 1.20 bits per heavy atom. The van der Waals surface area contributed by atoms with Crippen molar-refractivity contribution in [2.45, 2.75) is 32.7 Å². The van der Waals surface area contributed by atoms with Crippen molar-refractivity contribution in [3.63, 3.8) is 0 Å². The minimum Gasteiger partial charge on any atom is -0.486 e. The van der Waals surface area contributed by atoms with Crippen LogP contribution < -0.4 is 16.2 Å². The molecule has 4 aromatic rings. The molecule has 0 aliphatic rings. The predicted molar refractivity (Wildman–Crippen MR) is 120 cm³/mol. The molecule has 0 bridgehead atoms. The van der Waals surface area contributed by atoms with Crippen LogP contribution in [0.2, 0.25) is 0 Å². The van der Waals surface area contributed by atoms with Gasteiger partial charge in [0, 0.05) is 5.56 Å². The van der Waals surface area contributed by atoms with Gasteiger partial charge in [0.2, 0.25) is 0 Å². The Kier molecular flexibility index (Phi) is 6.50. The molecule has 0 amide bonds. The van der Waals surface area contributed by atoms with Crippen LogP contribution in [0.5, 0.6) is 5.75 Å². The molecule has 1 N–H and O–H groups in total. The van der Waals surface area contributed by atoms with Crippen molar-refractivity contribution in [3.05, 3.63) is 98.6 Å². The molecule has 0 saturated carbocycles. The summed E-state index contributed by atoms with van der Waals surface area (Å²) in [6, 6.07) is 7.71. The maximum Gasteiger partial charge on any atom is 0.440 e. The largest absolute Gasteiger partial charge is 0.486 e. The van der Waals surface area contributed by atoms with Gasteiger partial charge in [-0.3, -0.25) is 0 Å². The van der Waals surface area contributed by atoms with Crippen LogP contribution in [0.15, 0.2) is 73.7 Å². The third-order valence-electron chi connectivity index (χ3n) is 5.15. The van der Waals surface area contributed by atoms with Gasteiger partial charge in [0.1, 0.15) is 24.3 Å². The van der Waals surface area contributed by atoms with Crippen molar-refractivity contribution in [3.8, 4) is 16.9 Å². The summed E-state index contributed by atoms with van der Waals surface area (Å²) < 4.78 is 56.0. The number of nitrogens with zero attached hydrogens (tertiary/aromatic N) is 2. The van der Waals surface area contributed by atoms with Gasteiger partial charge >= 0.3 is 17.6 Å².